The molecule has 0 bridgehead atoms. The van der Waals surface area contributed by atoms with Gasteiger partial charge in [0.1, 0.15) is 10.7 Å². The van der Waals surface area contributed by atoms with Crippen LogP contribution in [0.5, 0.6) is 0 Å². The summed E-state index contributed by atoms with van der Waals surface area (Å²) in [5, 5.41) is 0. The number of hydrogen-bond donors (Lipinski definition) is 1. The third-order valence-corrected chi connectivity index (χ3v) is 5.44. The second-order valence-electron chi connectivity index (χ2n) is 4.99. The first kappa shape index (κ1) is 15.2. The molecule has 2 rings (SSSR count). The summed E-state index contributed by atoms with van der Waals surface area (Å²) in [6, 6.07) is 3.82. The molecule has 0 spiro atoms. The fraction of sp³-hybridized carbons (Fsp3) is 0.538. The minimum Gasteiger partial charge on any atom is -0.395 e. The summed E-state index contributed by atoms with van der Waals surface area (Å²) in [4.78, 5) is -0.174. The van der Waals surface area contributed by atoms with Crippen LogP contribution in [-0.4, -0.2) is 39.5 Å². The number of anilines is 1. The fourth-order valence-electron chi connectivity index (χ4n) is 2.30. The molecule has 5 nitrogen and oxygen atoms in total. The molecule has 1 saturated heterocycles. The minimum absolute atomic E-state index is 0.174. The standard InChI is InChI=1S/C13H19FN2O3S/c1-16(9-10-5-7-19-8-6-10)20(17,18)12-4-2-3-11(14)13(12)15/h2-4,10H,5-9,15H2,1H3. The van der Waals surface area contributed by atoms with Gasteiger partial charge in [0.25, 0.3) is 0 Å². The van der Waals surface area contributed by atoms with Gasteiger partial charge in [-0.2, -0.15) is 0 Å². The van der Waals surface area contributed by atoms with E-state index in [1.54, 1.807) is 0 Å². The van der Waals surface area contributed by atoms with Crippen LogP contribution in [0.15, 0.2) is 23.1 Å². The molecular formula is C13H19FN2O3S. The lowest BCUT2D eigenvalue weighted by atomic mass is 10.0. The lowest BCUT2D eigenvalue weighted by Gasteiger charge is -2.27. The number of nitrogens with zero attached hydrogens (tertiary/aromatic N) is 1. The van der Waals surface area contributed by atoms with Gasteiger partial charge in [-0.1, -0.05) is 6.07 Å². The van der Waals surface area contributed by atoms with Gasteiger partial charge in [0.15, 0.2) is 0 Å². The van der Waals surface area contributed by atoms with Crippen molar-refractivity contribution >= 4 is 15.7 Å². The number of rotatable bonds is 4. The van der Waals surface area contributed by atoms with E-state index in [4.69, 9.17) is 10.5 Å². The van der Waals surface area contributed by atoms with Crippen LogP contribution in [0.4, 0.5) is 10.1 Å². The predicted molar refractivity (Wildman–Crippen MR) is 74.2 cm³/mol. The Kier molecular flexibility index (Phi) is 4.62. The molecule has 1 aliphatic rings. The molecular weight excluding hydrogens is 283 g/mol. The summed E-state index contributed by atoms with van der Waals surface area (Å²) in [6.45, 7) is 1.70. The highest BCUT2D eigenvalue weighted by atomic mass is 32.2. The first-order chi connectivity index (χ1) is 9.43. The summed E-state index contributed by atoms with van der Waals surface area (Å²) in [6.07, 6.45) is 1.66. The van der Waals surface area contributed by atoms with E-state index in [-0.39, 0.29) is 16.5 Å². The van der Waals surface area contributed by atoms with Gasteiger partial charge in [-0.25, -0.2) is 17.1 Å². The Labute approximate surface area is 118 Å². The largest absolute Gasteiger partial charge is 0.395 e. The Bertz CT molecular complexity index is 571. The molecule has 1 heterocycles. The quantitative estimate of drug-likeness (QED) is 0.855. The van der Waals surface area contributed by atoms with Gasteiger partial charge in [-0.15, -0.1) is 0 Å². The zero-order valence-corrected chi connectivity index (χ0v) is 12.2. The van der Waals surface area contributed by atoms with E-state index in [1.807, 2.05) is 0 Å². The SMILES string of the molecule is CN(CC1CCOCC1)S(=O)(=O)c1cccc(F)c1N. The van der Waals surface area contributed by atoms with Crippen molar-refractivity contribution < 1.29 is 17.5 Å². The molecule has 0 aromatic heterocycles. The van der Waals surface area contributed by atoms with E-state index in [0.717, 1.165) is 18.9 Å². The summed E-state index contributed by atoms with van der Waals surface area (Å²) in [5.41, 5.74) is 5.21. The lowest BCUT2D eigenvalue weighted by Crippen LogP contribution is -2.34. The number of nitrogen functional groups attached to an aromatic ring is 1. The van der Waals surface area contributed by atoms with Crippen LogP contribution in [0.25, 0.3) is 0 Å². The van der Waals surface area contributed by atoms with E-state index in [2.05, 4.69) is 0 Å². The predicted octanol–water partition coefficient (Wildman–Crippen LogP) is 1.45. The highest BCUT2D eigenvalue weighted by molar-refractivity contribution is 7.89. The molecule has 1 fully saturated rings. The molecule has 0 atom stereocenters. The van der Waals surface area contributed by atoms with Gasteiger partial charge < -0.3 is 10.5 Å². The number of hydrogen-bond acceptors (Lipinski definition) is 4. The van der Waals surface area contributed by atoms with Crippen LogP contribution >= 0.6 is 0 Å². The van der Waals surface area contributed by atoms with Gasteiger partial charge in [0, 0.05) is 26.8 Å². The fourth-order valence-corrected chi connectivity index (χ4v) is 3.67. The molecule has 0 radical (unpaired) electrons. The van der Waals surface area contributed by atoms with Gasteiger partial charge in [0.05, 0.1) is 5.69 Å². The maximum absolute atomic E-state index is 13.4. The molecule has 112 valence electrons. The average Bonchev–Trinajstić information content (AvgIpc) is 2.42. The van der Waals surface area contributed by atoms with Crippen molar-refractivity contribution in [1.29, 1.82) is 0 Å². The Morgan fingerprint density at radius 2 is 2.05 bits per heavy atom. The third kappa shape index (κ3) is 3.11. The van der Waals surface area contributed by atoms with Crippen molar-refractivity contribution in [2.24, 2.45) is 5.92 Å². The second kappa shape index (κ2) is 6.07. The third-order valence-electron chi connectivity index (χ3n) is 3.56. The first-order valence-corrected chi connectivity index (χ1v) is 7.95. The van der Waals surface area contributed by atoms with Crippen LogP contribution in [0, 0.1) is 11.7 Å². The molecule has 1 aliphatic heterocycles. The van der Waals surface area contributed by atoms with Crippen LogP contribution in [0.3, 0.4) is 0 Å². The van der Waals surface area contributed by atoms with E-state index in [9.17, 15) is 12.8 Å². The highest BCUT2D eigenvalue weighted by Crippen LogP contribution is 2.25. The Balaban J connectivity index is 2.18. The van der Waals surface area contributed by atoms with Crippen molar-refractivity contribution in [1.82, 2.24) is 4.31 Å². The highest BCUT2D eigenvalue weighted by Gasteiger charge is 2.27. The number of ether oxygens (including phenoxy) is 1. The molecule has 1 aromatic rings. The first-order valence-electron chi connectivity index (χ1n) is 6.51. The number of nitrogens with two attached hydrogens (primary N) is 1. The minimum atomic E-state index is -3.76. The van der Waals surface area contributed by atoms with Gasteiger partial charge in [-0.3, -0.25) is 0 Å². The van der Waals surface area contributed by atoms with Crippen LogP contribution in [-0.2, 0) is 14.8 Å². The Hall–Kier alpha value is -1.18. The number of para-hydroxylation sites is 1. The number of sulfonamides is 1. The number of halogens is 1. The zero-order valence-electron chi connectivity index (χ0n) is 11.4. The van der Waals surface area contributed by atoms with Crippen molar-refractivity contribution in [2.75, 3.05) is 32.5 Å². The Morgan fingerprint density at radius 3 is 2.70 bits per heavy atom. The molecule has 0 saturated carbocycles. The smallest absolute Gasteiger partial charge is 0.244 e. The van der Waals surface area contributed by atoms with Crippen LogP contribution in [0.2, 0.25) is 0 Å². The number of benzene rings is 1. The molecule has 0 unspecified atom stereocenters. The summed E-state index contributed by atoms with van der Waals surface area (Å²) in [5.74, 6) is -0.455. The lowest BCUT2D eigenvalue weighted by molar-refractivity contribution is 0.0620. The van der Waals surface area contributed by atoms with Crippen LogP contribution in [0.1, 0.15) is 12.8 Å². The molecule has 20 heavy (non-hydrogen) atoms. The van der Waals surface area contributed by atoms with E-state index >= 15 is 0 Å². The maximum Gasteiger partial charge on any atom is 0.244 e. The van der Waals surface area contributed by atoms with Gasteiger partial charge in [-0.05, 0) is 30.9 Å². The summed E-state index contributed by atoms with van der Waals surface area (Å²) < 4.78 is 44.8. The normalized spacial score (nSPS) is 17.6. The van der Waals surface area contributed by atoms with Gasteiger partial charge in [0.2, 0.25) is 10.0 Å². The van der Waals surface area contributed by atoms with Gasteiger partial charge >= 0.3 is 0 Å². The molecule has 1 aromatic carbocycles. The maximum atomic E-state index is 13.4. The molecule has 0 amide bonds. The Morgan fingerprint density at radius 1 is 1.40 bits per heavy atom. The van der Waals surface area contributed by atoms with E-state index in [0.29, 0.717) is 19.8 Å². The van der Waals surface area contributed by atoms with Crippen LogP contribution < -0.4 is 5.73 Å². The van der Waals surface area contributed by atoms with Crippen molar-refractivity contribution in [3.05, 3.63) is 24.0 Å². The topological polar surface area (TPSA) is 72.6 Å². The average molecular weight is 302 g/mol. The van der Waals surface area contributed by atoms with E-state index in [1.165, 1.54) is 23.5 Å². The van der Waals surface area contributed by atoms with Crippen molar-refractivity contribution in [3.8, 4) is 0 Å². The molecule has 7 heteroatoms. The zero-order chi connectivity index (χ0) is 14.8. The van der Waals surface area contributed by atoms with Crippen molar-refractivity contribution in [3.63, 3.8) is 0 Å². The second-order valence-corrected chi connectivity index (χ2v) is 7.01. The monoisotopic (exact) mass is 302 g/mol. The molecule has 0 aliphatic carbocycles. The molecule has 2 N–H and O–H groups in total. The van der Waals surface area contributed by atoms with Crippen molar-refractivity contribution in [2.45, 2.75) is 17.7 Å². The summed E-state index contributed by atoms with van der Waals surface area (Å²) in [7, 11) is -2.27. The van der Waals surface area contributed by atoms with E-state index < -0.39 is 15.8 Å². The summed E-state index contributed by atoms with van der Waals surface area (Å²) >= 11 is 0.